The van der Waals surface area contributed by atoms with Crippen LogP contribution in [0.25, 0.3) is 33.8 Å². The van der Waals surface area contributed by atoms with Crippen molar-refractivity contribution in [2.24, 2.45) is 0 Å². The van der Waals surface area contributed by atoms with E-state index in [1.807, 2.05) is 63.2 Å². The van der Waals surface area contributed by atoms with Crippen molar-refractivity contribution in [3.63, 3.8) is 0 Å². The lowest BCUT2D eigenvalue weighted by atomic mass is 10.1. The van der Waals surface area contributed by atoms with E-state index in [1.165, 1.54) is 18.6 Å². The number of hydrogen-bond donors (Lipinski definition) is 6. The molecular formula is C69H80N16O9S3. The Bertz CT molecular complexity index is 4480. The lowest BCUT2D eigenvalue weighted by Gasteiger charge is -2.32. The topological polar surface area (TPSA) is 358 Å². The molecule has 1 fully saturated rings. The van der Waals surface area contributed by atoms with Gasteiger partial charge in [0, 0.05) is 79.6 Å². The second kappa shape index (κ2) is 33.6. The smallest absolute Gasteiger partial charge is 0.278 e. The third kappa shape index (κ3) is 20.3. The average molecular weight is 1370 g/mol. The first-order valence-corrected chi connectivity index (χ1v) is 35.9. The maximum Gasteiger partial charge on any atom is 0.278 e. The second-order valence-electron chi connectivity index (χ2n) is 22.9. The van der Waals surface area contributed by atoms with Crippen molar-refractivity contribution >= 4 is 81.7 Å². The van der Waals surface area contributed by atoms with E-state index >= 15 is 0 Å². The number of nitrogens with zero attached hydrogens (tertiary/aromatic N) is 10. The lowest BCUT2D eigenvalue weighted by Crippen LogP contribution is -2.45. The van der Waals surface area contributed by atoms with Crippen LogP contribution < -0.4 is 33.2 Å². The fraction of sp³-hybridized carbons (Fsp3) is 0.261. The maximum atomic E-state index is 12.8. The highest BCUT2D eigenvalue weighted by Crippen LogP contribution is 2.27. The summed E-state index contributed by atoms with van der Waals surface area (Å²) in [7, 11) is -4.53. The number of amides is 3. The van der Waals surface area contributed by atoms with Crippen molar-refractivity contribution < 1.29 is 39.6 Å². The van der Waals surface area contributed by atoms with Crippen LogP contribution in [0.1, 0.15) is 52.2 Å². The Morgan fingerprint density at radius 1 is 0.485 bits per heavy atom. The number of carbonyl (C=O) groups is 3. The Morgan fingerprint density at radius 2 is 0.814 bits per heavy atom. The molecule has 1 atom stereocenters. The number of carbonyl (C=O) groups excluding carboxylic acids is 3. The number of likely N-dealkylation sites (N-methyl/N-ethyl adjacent to an activating group) is 1. The zero-order chi connectivity index (χ0) is 69.9. The van der Waals surface area contributed by atoms with Gasteiger partial charge in [-0.25, -0.2) is 55.2 Å². The lowest BCUT2D eigenvalue weighted by molar-refractivity contribution is 0.101. The van der Waals surface area contributed by atoms with E-state index in [0.717, 1.165) is 39.3 Å². The van der Waals surface area contributed by atoms with Crippen molar-refractivity contribution in [1.82, 2.24) is 49.5 Å². The Morgan fingerprint density at radius 3 is 1.14 bits per heavy atom. The van der Waals surface area contributed by atoms with Crippen LogP contribution in [-0.4, -0.2) is 189 Å². The van der Waals surface area contributed by atoms with Crippen LogP contribution in [0.4, 0.5) is 34.5 Å². The molecule has 1 aliphatic heterocycles. The predicted molar refractivity (Wildman–Crippen MR) is 380 cm³/mol. The number of nitrogens with one attached hydrogen (secondary N) is 3. The summed E-state index contributed by atoms with van der Waals surface area (Å²) < 4.78 is 76.4. The summed E-state index contributed by atoms with van der Waals surface area (Å²) in [6.45, 7) is 12.4. The van der Waals surface area contributed by atoms with Crippen LogP contribution in [0.3, 0.4) is 0 Å². The molecule has 10 rings (SSSR count). The van der Waals surface area contributed by atoms with Gasteiger partial charge in [0.15, 0.2) is 64.0 Å². The van der Waals surface area contributed by atoms with Crippen LogP contribution >= 0.6 is 0 Å². The normalized spacial score (nSPS) is 13.1. The van der Waals surface area contributed by atoms with Crippen molar-refractivity contribution in [1.29, 1.82) is 0 Å². The van der Waals surface area contributed by atoms with Crippen LogP contribution in [0.2, 0.25) is 0 Å². The summed E-state index contributed by atoms with van der Waals surface area (Å²) in [4.78, 5) is 72.3. The van der Waals surface area contributed by atoms with Gasteiger partial charge in [0.2, 0.25) is 0 Å². The van der Waals surface area contributed by atoms with Gasteiger partial charge < -0.3 is 47.9 Å². The van der Waals surface area contributed by atoms with Crippen molar-refractivity contribution in [2.75, 3.05) is 125 Å². The van der Waals surface area contributed by atoms with Gasteiger partial charge in [-0.15, -0.1) is 0 Å². The zero-order valence-electron chi connectivity index (χ0n) is 54.8. The molecular weight excluding hydrogens is 1290 g/mol. The molecule has 0 bridgehead atoms. The Labute approximate surface area is 566 Å². The molecule has 0 radical (unpaired) electrons. The van der Waals surface area contributed by atoms with Gasteiger partial charge in [0.05, 0.1) is 67.1 Å². The number of piperazine rings is 1. The number of rotatable bonds is 23. The van der Waals surface area contributed by atoms with Gasteiger partial charge in [-0.1, -0.05) is 105 Å². The minimum Gasteiger partial charge on any atom is -0.382 e. The first-order chi connectivity index (χ1) is 46.3. The highest BCUT2D eigenvalue weighted by atomic mass is 32.2. The third-order valence-corrected chi connectivity index (χ3v) is 21.2. The molecule has 4 heterocycles. The molecule has 6 aromatic carbocycles. The predicted octanol–water partition coefficient (Wildman–Crippen LogP) is 7.79. The molecule has 0 spiro atoms. The minimum atomic E-state index is -3.46. The molecule has 9 aromatic rings. The summed E-state index contributed by atoms with van der Waals surface area (Å²) in [5.74, 6) is -1.26. The summed E-state index contributed by atoms with van der Waals surface area (Å²) in [6.07, 6.45) is 4.37. The molecule has 3 amide bonds. The standard InChI is InChI=1S/C24H28N6O3S.C23H27N5O3S.C22H25N5O3S/c1-29-11-13-30(14-12-29)15-16-34(32,33)20-9-7-18(8-10-20)21-17-26-23(25)22(28-21)24(31)27-19-5-3-2-4-6-19;1-3-28(4-2)14-15-32(30,31)19-12-10-17(11-13-19)20-16-25-22(24)21(27-20)23(29)26-18-8-6-5-7-9-18;1-15(14-27(2)3)31(29,30)18-11-9-16(10-12-18)19-13-24-21(23)20(26-19)22(28)25-17-7-5-4-6-8-17/h2-10,17H,11-16H2,1H3,(H2,25,26)(H,27,31);5-13,16H,3-4,14-15H2,1-2H3,(H2,24,25)(H,26,29);4-13,15H,14H2,1-3H3,(H2,23,24)(H,25,28). The van der Waals surface area contributed by atoms with E-state index in [0.29, 0.717) is 70.5 Å². The van der Waals surface area contributed by atoms with E-state index < -0.39 is 52.5 Å². The van der Waals surface area contributed by atoms with Crippen molar-refractivity contribution in [2.45, 2.75) is 40.7 Å². The van der Waals surface area contributed by atoms with E-state index in [9.17, 15) is 39.6 Å². The number of anilines is 6. The first kappa shape index (κ1) is 72.9. The average Bonchev–Trinajstić information content (AvgIpc) is 0.846. The molecule has 28 heteroatoms. The van der Waals surface area contributed by atoms with E-state index in [2.05, 4.69) is 67.6 Å². The van der Waals surface area contributed by atoms with Crippen LogP contribution in [-0.2, 0) is 29.5 Å². The van der Waals surface area contributed by atoms with Gasteiger partial charge >= 0.3 is 0 Å². The summed E-state index contributed by atoms with van der Waals surface area (Å²) in [5, 5.41) is 7.66. The number of para-hydroxylation sites is 3. The highest BCUT2D eigenvalue weighted by molar-refractivity contribution is 7.92. The summed E-state index contributed by atoms with van der Waals surface area (Å²) >= 11 is 0. The molecule has 97 heavy (non-hydrogen) atoms. The van der Waals surface area contributed by atoms with E-state index in [1.54, 1.807) is 140 Å². The number of hydrogen-bond acceptors (Lipinski definition) is 22. The van der Waals surface area contributed by atoms with E-state index in [4.69, 9.17) is 17.2 Å². The number of nitrogens with two attached hydrogens (primary N) is 3. The molecule has 1 unspecified atom stereocenters. The fourth-order valence-electron chi connectivity index (χ4n) is 9.92. The third-order valence-electron chi connectivity index (χ3n) is 15.6. The summed E-state index contributed by atoms with van der Waals surface area (Å²) in [5.41, 5.74) is 22.6. The van der Waals surface area contributed by atoms with Crippen molar-refractivity contribution in [3.05, 3.63) is 199 Å². The summed E-state index contributed by atoms with van der Waals surface area (Å²) in [6, 6.07) is 46.1. The van der Waals surface area contributed by atoms with Crippen LogP contribution in [0.15, 0.2) is 197 Å². The first-order valence-electron chi connectivity index (χ1n) is 31.1. The molecule has 9 N–H and O–H groups in total. The molecule has 0 aliphatic carbocycles. The number of sulfone groups is 3. The fourth-order valence-corrected chi connectivity index (χ4v) is 14.0. The number of aromatic nitrogens is 6. The minimum absolute atomic E-state index is 0.00211. The largest absolute Gasteiger partial charge is 0.382 e. The Kier molecular flexibility index (Phi) is 25.3. The molecule has 3 aromatic heterocycles. The van der Waals surface area contributed by atoms with Gasteiger partial charge in [0.1, 0.15) is 0 Å². The molecule has 1 saturated heterocycles. The van der Waals surface area contributed by atoms with Crippen LogP contribution in [0, 0.1) is 0 Å². The number of nitrogen functional groups attached to an aromatic ring is 3. The Balaban J connectivity index is 0.000000186. The SMILES string of the molecule is CC(CN(C)C)S(=O)(=O)c1ccc(-c2cnc(N)c(C(=O)Nc3ccccc3)n2)cc1.CCN(CC)CCS(=O)(=O)c1ccc(-c2cnc(N)c(C(=O)Nc3ccccc3)n2)cc1.CN1CCN(CCS(=O)(=O)c2ccc(-c3cnc(N)c(C(=O)Nc4ccccc4)n3)cc2)CC1. The molecule has 0 saturated carbocycles. The van der Waals surface area contributed by atoms with Crippen molar-refractivity contribution in [3.8, 4) is 33.8 Å². The molecule has 1 aliphatic rings. The Hall–Kier alpha value is -9.94. The maximum absolute atomic E-state index is 12.8. The molecule has 508 valence electrons. The second-order valence-corrected chi connectivity index (χ2v) is 29.5. The van der Waals surface area contributed by atoms with E-state index in [-0.39, 0.29) is 60.7 Å². The van der Waals surface area contributed by atoms with Crippen LogP contribution in [0.5, 0.6) is 0 Å². The van der Waals surface area contributed by atoms with Gasteiger partial charge in [-0.2, -0.15) is 0 Å². The molecule has 25 nitrogen and oxygen atoms in total. The highest BCUT2D eigenvalue weighted by Gasteiger charge is 2.26. The number of benzene rings is 6. The monoisotopic (exact) mass is 1370 g/mol. The zero-order valence-corrected chi connectivity index (χ0v) is 57.2. The van der Waals surface area contributed by atoms with Gasteiger partial charge in [0.25, 0.3) is 17.7 Å². The van der Waals surface area contributed by atoms with Gasteiger partial charge in [-0.05, 0) is 114 Å². The quantitative estimate of drug-likeness (QED) is 0.0355. The van der Waals surface area contributed by atoms with Gasteiger partial charge in [-0.3, -0.25) is 19.3 Å².